The van der Waals surface area contributed by atoms with Crippen LogP contribution in [0.25, 0.3) is 11.1 Å². The predicted octanol–water partition coefficient (Wildman–Crippen LogP) is 2.84. The molecule has 1 aliphatic heterocycles. The van der Waals surface area contributed by atoms with Crippen LogP contribution in [0.1, 0.15) is 17.9 Å². The van der Waals surface area contributed by atoms with Crippen LogP contribution in [0.15, 0.2) is 57.7 Å². The monoisotopic (exact) mass is 399 g/mol. The van der Waals surface area contributed by atoms with Crippen LogP contribution in [0.5, 0.6) is 0 Å². The van der Waals surface area contributed by atoms with Crippen LogP contribution in [-0.4, -0.2) is 35.0 Å². The Bertz CT molecular complexity index is 1040. The molecule has 0 bridgehead atoms. The number of fused-ring (bicyclic) bond motifs is 1. The van der Waals surface area contributed by atoms with E-state index in [9.17, 15) is 9.59 Å². The van der Waals surface area contributed by atoms with Crippen molar-refractivity contribution in [2.45, 2.75) is 18.9 Å². The fraction of sp³-hybridized carbons (Fsp3) is 0.333. The smallest absolute Gasteiger partial charge is 0.408 e. The molecule has 1 amide bonds. The van der Waals surface area contributed by atoms with Gasteiger partial charge in [0.1, 0.15) is 0 Å². The minimum Gasteiger partial charge on any atom is -0.408 e. The molecule has 7 heteroatoms. The van der Waals surface area contributed by atoms with E-state index in [1.54, 1.807) is 18.2 Å². The number of halogens is 1. The average Bonchev–Trinajstić information content (AvgIpc) is 3.27. The van der Waals surface area contributed by atoms with Crippen LogP contribution in [0.4, 0.5) is 0 Å². The van der Waals surface area contributed by atoms with Gasteiger partial charge in [0, 0.05) is 43.1 Å². The number of nitrogens with two attached hydrogens (primary N) is 1. The maximum absolute atomic E-state index is 12.8. The highest BCUT2D eigenvalue weighted by molar-refractivity contribution is 6.31. The molecule has 2 heterocycles. The normalized spacial score (nSPS) is 19.4. The standard InChI is InChI=1S/C21H22ClN3O3/c22-16-6-7-18-19(10-16)28-21(27)25(18)9-8-20(26)24-12-15(11-23)17(13-24)14-4-2-1-3-5-14/h1-7,10,15,17H,8-9,11-13,23H2/t15-,17+/m1/s1. The van der Waals surface area contributed by atoms with Gasteiger partial charge < -0.3 is 15.1 Å². The van der Waals surface area contributed by atoms with Gasteiger partial charge in [-0.15, -0.1) is 0 Å². The van der Waals surface area contributed by atoms with Gasteiger partial charge in [0.2, 0.25) is 5.91 Å². The molecule has 6 nitrogen and oxygen atoms in total. The Labute approximate surface area is 167 Å². The number of likely N-dealkylation sites (tertiary alicyclic amines) is 1. The second kappa shape index (κ2) is 7.81. The summed E-state index contributed by atoms with van der Waals surface area (Å²) in [7, 11) is 0. The number of aromatic nitrogens is 1. The maximum atomic E-state index is 12.8. The number of rotatable bonds is 5. The van der Waals surface area contributed by atoms with Crippen LogP contribution in [0, 0.1) is 5.92 Å². The Morgan fingerprint density at radius 1 is 1.18 bits per heavy atom. The Balaban J connectivity index is 1.46. The van der Waals surface area contributed by atoms with Gasteiger partial charge in [-0.2, -0.15) is 0 Å². The largest absolute Gasteiger partial charge is 0.419 e. The van der Waals surface area contributed by atoms with Crippen molar-refractivity contribution in [3.63, 3.8) is 0 Å². The van der Waals surface area contributed by atoms with Crippen molar-refractivity contribution in [1.82, 2.24) is 9.47 Å². The molecule has 1 fully saturated rings. The first-order chi connectivity index (χ1) is 13.6. The van der Waals surface area contributed by atoms with Crippen LogP contribution < -0.4 is 11.5 Å². The SMILES string of the molecule is NC[C@@H]1CN(C(=O)CCn2c(=O)oc3cc(Cl)ccc32)C[C@H]1c1ccccc1. The van der Waals surface area contributed by atoms with Crippen molar-refractivity contribution in [3.05, 3.63) is 69.7 Å². The first-order valence-corrected chi connectivity index (χ1v) is 9.76. The molecule has 146 valence electrons. The molecule has 1 saturated heterocycles. The molecule has 4 rings (SSSR count). The van der Waals surface area contributed by atoms with Crippen LogP contribution in [0.2, 0.25) is 5.02 Å². The summed E-state index contributed by atoms with van der Waals surface area (Å²) in [5.74, 6) is 0.0290. The van der Waals surface area contributed by atoms with E-state index < -0.39 is 5.76 Å². The van der Waals surface area contributed by atoms with E-state index >= 15 is 0 Å². The van der Waals surface area contributed by atoms with Gasteiger partial charge in [-0.1, -0.05) is 41.9 Å². The van der Waals surface area contributed by atoms with E-state index in [-0.39, 0.29) is 30.7 Å². The van der Waals surface area contributed by atoms with Crippen molar-refractivity contribution in [3.8, 4) is 0 Å². The molecule has 2 aromatic carbocycles. The highest BCUT2D eigenvalue weighted by atomic mass is 35.5. The second-order valence-electron chi connectivity index (χ2n) is 7.19. The highest BCUT2D eigenvalue weighted by Gasteiger charge is 2.35. The third-order valence-corrected chi connectivity index (χ3v) is 5.74. The summed E-state index contributed by atoms with van der Waals surface area (Å²) < 4.78 is 6.71. The topological polar surface area (TPSA) is 81.5 Å². The van der Waals surface area contributed by atoms with Crippen LogP contribution in [-0.2, 0) is 11.3 Å². The number of oxazole rings is 1. The molecular formula is C21H22ClN3O3. The number of benzene rings is 2. The van der Waals surface area contributed by atoms with Gasteiger partial charge in [-0.05, 0) is 30.2 Å². The van der Waals surface area contributed by atoms with Crippen molar-refractivity contribution < 1.29 is 9.21 Å². The molecule has 0 radical (unpaired) electrons. The lowest BCUT2D eigenvalue weighted by Crippen LogP contribution is -2.31. The van der Waals surface area contributed by atoms with Crippen LogP contribution in [0.3, 0.4) is 0 Å². The van der Waals surface area contributed by atoms with Gasteiger partial charge in [0.05, 0.1) is 5.52 Å². The minimum atomic E-state index is -0.478. The molecule has 2 N–H and O–H groups in total. The van der Waals surface area contributed by atoms with E-state index in [0.717, 1.165) is 0 Å². The highest BCUT2D eigenvalue weighted by Crippen LogP contribution is 2.32. The zero-order valence-corrected chi connectivity index (χ0v) is 16.1. The van der Waals surface area contributed by atoms with Gasteiger partial charge in [-0.25, -0.2) is 4.79 Å². The fourth-order valence-electron chi connectivity index (χ4n) is 4.01. The number of nitrogens with zero attached hydrogens (tertiary/aromatic N) is 2. The third-order valence-electron chi connectivity index (χ3n) is 5.50. The summed E-state index contributed by atoms with van der Waals surface area (Å²) >= 11 is 5.94. The lowest BCUT2D eigenvalue weighted by Gasteiger charge is -2.17. The summed E-state index contributed by atoms with van der Waals surface area (Å²) in [4.78, 5) is 26.8. The number of aryl methyl sites for hydroxylation is 1. The number of carbonyl (C=O) groups excluding carboxylic acids is 1. The van der Waals surface area contributed by atoms with Crippen molar-refractivity contribution in [2.75, 3.05) is 19.6 Å². The quantitative estimate of drug-likeness (QED) is 0.715. The molecule has 1 aromatic heterocycles. The number of hydrogen-bond donors (Lipinski definition) is 1. The molecule has 0 unspecified atom stereocenters. The maximum Gasteiger partial charge on any atom is 0.419 e. The first kappa shape index (κ1) is 18.8. The molecule has 2 atom stereocenters. The Hall–Kier alpha value is -2.57. The summed E-state index contributed by atoms with van der Waals surface area (Å²) in [5.41, 5.74) is 8.25. The Morgan fingerprint density at radius 3 is 2.71 bits per heavy atom. The zero-order valence-electron chi connectivity index (χ0n) is 15.4. The Kier molecular flexibility index (Phi) is 5.24. The van der Waals surface area contributed by atoms with E-state index in [2.05, 4.69) is 12.1 Å². The zero-order chi connectivity index (χ0) is 19.7. The van der Waals surface area contributed by atoms with Gasteiger partial charge >= 0.3 is 5.76 Å². The van der Waals surface area contributed by atoms with Gasteiger partial charge in [-0.3, -0.25) is 9.36 Å². The summed E-state index contributed by atoms with van der Waals surface area (Å²) in [5, 5.41) is 0.501. The molecule has 0 aliphatic carbocycles. The summed E-state index contributed by atoms with van der Waals surface area (Å²) in [6.45, 7) is 2.11. The van der Waals surface area contributed by atoms with Crippen LogP contribution >= 0.6 is 11.6 Å². The molecule has 1 aliphatic rings. The summed E-state index contributed by atoms with van der Waals surface area (Å²) in [6.07, 6.45) is 0.232. The lowest BCUT2D eigenvalue weighted by molar-refractivity contribution is -0.130. The Morgan fingerprint density at radius 2 is 1.96 bits per heavy atom. The lowest BCUT2D eigenvalue weighted by atomic mass is 9.89. The second-order valence-corrected chi connectivity index (χ2v) is 7.63. The molecule has 28 heavy (non-hydrogen) atoms. The third kappa shape index (κ3) is 3.57. The van der Waals surface area contributed by atoms with E-state index in [0.29, 0.717) is 35.8 Å². The van der Waals surface area contributed by atoms with Gasteiger partial charge in [0.15, 0.2) is 5.58 Å². The molecule has 3 aromatic rings. The predicted molar refractivity (Wildman–Crippen MR) is 108 cm³/mol. The summed E-state index contributed by atoms with van der Waals surface area (Å²) in [6, 6.07) is 15.2. The van der Waals surface area contributed by atoms with E-state index in [4.69, 9.17) is 21.8 Å². The van der Waals surface area contributed by atoms with E-state index in [1.165, 1.54) is 10.1 Å². The number of hydrogen-bond acceptors (Lipinski definition) is 4. The molecule has 0 spiro atoms. The minimum absolute atomic E-state index is 0.0205. The average molecular weight is 400 g/mol. The first-order valence-electron chi connectivity index (χ1n) is 9.38. The van der Waals surface area contributed by atoms with Crippen molar-refractivity contribution >= 4 is 28.6 Å². The number of amides is 1. The van der Waals surface area contributed by atoms with Crippen molar-refractivity contribution in [2.24, 2.45) is 11.7 Å². The number of carbonyl (C=O) groups is 1. The molecule has 0 saturated carbocycles. The van der Waals surface area contributed by atoms with Crippen molar-refractivity contribution in [1.29, 1.82) is 0 Å². The van der Waals surface area contributed by atoms with Gasteiger partial charge in [0.25, 0.3) is 0 Å². The fourth-order valence-corrected chi connectivity index (χ4v) is 4.17. The van der Waals surface area contributed by atoms with E-state index in [1.807, 2.05) is 23.1 Å². The molecular weight excluding hydrogens is 378 g/mol.